The lowest BCUT2D eigenvalue weighted by molar-refractivity contribution is -0.157. The number of carbonyl (C=O) groups excluding carboxylic acids is 1. The maximum atomic E-state index is 11.7. The molecule has 3 atom stereocenters. The number of benzene rings is 1. The Kier molecular flexibility index (Phi) is 8.55. The second-order valence-electron chi connectivity index (χ2n) is 6.61. The van der Waals surface area contributed by atoms with Gasteiger partial charge in [0.05, 0.1) is 12.7 Å². The second kappa shape index (κ2) is 10.1. The van der Waals surface area contributed by atoms with E-state index < -0.39 is 24.1 Å². The average Bonchev–Trinajstić information content (AvgIpc) is 2.58. The molecule has 0 saturated carbocycles. The van der Waals surface area contributed by atoms with Crippen molar-refractivity contribution in [2.24, 2.45) is 5.92 Å². The van der Waals surface area contributed by atoms with Crippen molar-refractivity contribution in [3.8, 4) is 5.75 Å². The Labute approximate surface area is 155 Å². The highest BCUT2D eigenvalue weighted by atomic mass is 16.5. The van der Waals surface area contributed by atoms with Gasteiger partial charge in [0.2, 0.25) is 0 Å². The van der Waals surface area contributed by atoms with E-state index in [1.807, 2.05) is 39.0 Å². The molecule has 0 spiro atoms. The monoisotopic (exact) mass is 362 g/mol. The first-order valence-electron chi connectivity index (χ1n) is 8.83. The quantitative estimate of drug-likeness (QED) is 0.463. The fourth-order valence-corrected chi connectivity index (χ4v) is 2.88. The van der Waals surface area contributed by atoms with Gasteiger partial charge in [-0.3, -0.25) is 0 Å². The molecule has 0 radical (unpaired) electrons. The van der Waals surface area contributed by atoms with Crippen LogP contribution < -0.4 is 0 Å². The zero-order valence-corrected chi connectivity index (χ0v) is 16.0. The number of aliphatic hydroxyl groups excluding tert-OH is 2. The van der Waals surface area contributed by atoms with Gasteiger partial charge in [0.15, 0.2) is 6.10 Å². The zero-order valence-electron chi connectivity index (χ0n) is 16.0. The standard InChI is InChI=1S/C21H30O5/c1-6-17(20(24)21(25)26-7-2)18(22)9-8-13(3)10-16-11-14(4)19(23)15(5)12-16/h6,10-12,17-18,20,22-24H,1,7-9H2,2-5H3/b13-10+/t17-,18-,20+/m1/s1. The van der Waals surface area contributed by atoms with Gasteiger partial charge in [-0.15, -0.1) is 6.58 Å². The molecular weight excluding hydrogens is 332 g/mol. The van der Waals surface area contributed by atoms with Crippen molar-refractivity contribution in [3.63, 3.8) is 0 Å². The van der Waals surface area contributed by atoms with Crippen molar-refractivity contribution in [2.75, 3.05) is 6.61 Å². The van der Waals surface area contributed by atoms with E-state index in [4.69, 9.17) is 4.74 Å². The van der Waals surface area contributed by atoms with Crippen molar-refractivity contribution in [1.29, 1.82) is 0 Å². The van der Waals surface area contributed by atoms with E-state index in [1.165, 1.54) is 6.08 Å². The largest absolute Gasteiger partial charge is 0.507 e. The lowest BCUT2D eigenvalue weighted by Crippen LogP contribution is -2.37. The molecule has 0 heterocycles. The first kappa shape index (κ1) is 21.9. The lowest BCUT2D eigenvalue weighted by Gasteiger charge is -2.23. The van der Waals surface area contributed by atoms with Crippen LogP contribution in [0.1, 0.15) is 43.4 Å². The van der Waals surface area contributed by atoms with Crippen LogP contribution in [0.3, 0.4) is 0 Å². The van der Waals surface area contributed by atoms with Crippen LogP contribution in [-0.4, -0.2) is 40.1 Å². The van der Waals surface area contributed by atoms with Crippen LogP contribution in [-0.2, 0) is 9.53 Å². The molecule has 26 heavy (non-hydrogen) atoms. The van der Waals surface area contributed by atoms with Gasteiger partial charge >= 0.3 is 5.97 Å². The number of ether oxygens (including phenoxy) is 1. The topological polar surface area (TPSA) is 87.0 Å². The van der Waals surface area contributed by atoms with Crippen LogP contribution in [0.5, 0.6) is 5.75 Å². The van der Waals surface area contributed by atoms with Crippen molar-refractivity contribution in [2.45, 2.75) is 52.7 Å². The van der Waals surface area contributed by atoms with Gasteiger partial charge in [0, 0.05) is 5.92 Å². The molecule has 1 aromatic rings. The number of phenolic OH excluding ortho intramolecular Hbond substituents is 1. The van der Waals surface area contributed by atoms with E-state index in [1.54, 1.807) is 6.92 Å². The minimum Gasteiger partial charge on any atom is -0.507 e. The summed E-state index contributed by atoms with van der Waals surface area (Å²) in [6.45, 7) is 11.1. The maximum absolute atomic E-state index is 11.7. The highest BCUT2D eigenvalue weighted by molar-refractivity contribution is 5.75. The highest BCUT2D eigenvalue weighted by Gasteiger charge is 2.30. The van der Waals surface area contributed by atoms with Crippen molar-refractivity contribution < 1.29 is 24.9 Å². The fourth-order valence-electron chi connectivity index (χ4n) is 2.88. The third-order valence-corrected chi connectivity index (χ3v) is 4.37. The van der Waals surface area contributed by atoms with Gasteiger partial charge in [-0.25, -0.2) is 4.79 Å². The van der Waals surface area contributed by atoms with E-state index in [0.717, 1.165) is 22.3 Å². The molecule has 0 bridgehead atoms. The molecule has 0 aliphatic rings. The Hall–Kier alpha value is -2.11. The second-order valence-corrected chi connectivity index (χ2v) is 6.61. The van der Waals surface area contributed by atoms with Gasteiger partial charge in [0.1, 0.15) is 5.75 Å². The van der Waals surface area contributed by atoms with E-state index in [2.05, 4.69) is 6.58 Å². The molecule has 3 N–H and O–H groups in total. The smallest absolute Gasteiger partial charge is 0.335 e. The number of phenols is 1. The number of hydrogen-bond acceptors (Lipinski definition) is 5. The third-order valence-electron chi connectivity index (χ3n) is 4.37. The van der Waals surface area contributed by atoms with Crippen molar-refractivity contribution >= 4 is 12.0 Å². The van der Waals surface area contributed by atoms with E-state index in [9.17, 15) is 20.1 Å². The number of allylic oxidation sites excluding steroid dienone is 1. The maximum Gasteiger partial charge on any atom is 0.335 e. The molecule has 0 unspecified atom stereocenters. The Morgan fingerprint density at radius 1 is 1.27 bits per heavy atom. The molecule has 0 fully saturated rings. The molecular formula is C21H30O5. The van der Waals surface area contributed by atoms with Crippen LogP contribution in [0.4, 0.5) is 0 Å². The van der Waals surface area contributed by atoms with E-state index in [0.29, 0.717) is 18.6 Å². The number of aromatic hydroxyl groups is 1. The summed E-state index contributed by atoms with van der Waals surface area (Å²) in [5.41, 5.74) is 3.65. The van der Waals surface area contributed by atoms with E-state index in [-0.39, 0.29) is 6.61 Å². The summed E-state index contributed by atoms with van der Waals surface area (Å²) < 4.78 is 4.79. The predicted molar refractivity (Wildman–Crippen MR) is 103 cm³/mol. The Morgan fingerprint density at radius 3 is 2.35 bits per heavy atom. The third kappa shape index (κ3) is 6.00. The number of aliphatic hydroxyl groups is 2. The van der Waals surface area contributed by atoms with Gasteiger partial charge in [0.25, 0.3) is 0 Å². The number of hydrogen-bond donors (Lipinski definition) is 3. The number of carbonyl (C=O) groups is 1. The molecule has 0 aliphatic carbocycles. The highest BCUT2D eigenvalue weighted by Crippen LogP contribution is 2.25. The van der Waals surface area contributed by atoms with Crippen LogP contribution in [0.2, 0.25) is 0 Å². The molecule has 144 valence electrons. The molecule has 1 rings (SSSR count). The van der Waals surface area contributed by atoms with Gasteiger partial charge in [-0.2, -0.15) is 0 Å². The summed E-state index contributed by atoms with van der Waals surface area (Å²) in [6, 6.07) is 3.80. The SMILES string of the molecule is C=C[C@H]([C@H](O)CC/C(C)=C/c1cc(C)c(O)c(C)c1)[C@H](O)C(=O)OCC. The van der Waals surface area contributed by atoms with Crippen molar-refractivity contribution in [1.82, 2.24) is 0 Å². The summed E-state index contributed by atoms with van der Waals surface area (Å²) in [6.07, 6.45) is 2.04. The lowest BCUT2D eigenvalue weighted by atomic mass is 9.91. The van der Waals surface area contributed by atoms with Gasteiger partial charge in [-0.05, 0) is 69.4 Å². The minimum absolute atomic E-state index is 0.170. The van der Waals surface area contributed by atoms with Crippen LogP contribution in [0.15, 0.2) is 30.4 Å². The molecule has 0 saturated heterocycles. The summed E-state index contributed by atoms with van der Waals surface area (Å²) in [5, 5.41) is 30.2. The minimum atomic E-state index is -1.42. The summed E-state index contributed by atoms with van der Waals surface area (Å²) >= 11 is 0. The average molecular weight is 362 g/mol. The van der Waals surface area contributed by atoms with Crippen LogP contribution in [0.25, 0.3) is 6.08 Å². The Morgan fingerprint density at radius 2 is 1.85 bits per heavy atom. The predicted octanol–water partition coefficient (Wildman–Crippen LogP) is 3.28. The molecule has 0 amide bonds. The van der Waals surface area contributed by atoms with Crippen molar-refractivity contribution in [3.05, 3.63) is 47.1 Å². The van der Waals surface area contributed by atoms with Gasteiger partial charge < -0.3 is 20.1 Å². The normalized spacial score (nSPS) is 15.2. The molecule has 5 nitrogen and oxygen atoms in total. The fraction of sp³-hybridized carbons (Fsp3) is 0.476. The first-order valence-corrected chi connectivity index (χ1v) is 8.83. The first-order chi connectivity index (χ1) is 12.2. The summed E-state index contributed by atoms with van der Waals surface area (Å²) in [5.74, 6) is -1.23. The summed E-state index contributed by atoms with van der Waals surface area (Å²) in [7, 11) is 0. The van der Waals surface area contributed by atoms with Gasteiger partial charge in [-0.1, -0.05) is 17.7 Å². The van der Waals surface area contributed by atoms with Crippen LogP contribution in [0, 0.1) is 19.8 Å². The molecule has 1 aromatic carbocycles. The molecule has 5 heteroatoms. The Balaban J connectivity index is 2.74. The number of aryl methyl sites for hydroxylation is 2. The zero-order chi connectivity index (χ0) is 19.9. The number of esters is 1. The Bertz CT molecular complexity index is 639. The van der Waals surface area contributed by atoms with Crippen LogP contribution >= 0.6 is 0 Å². The van der Waals surface area contributed by atoms with E-state index >= 15 is 0 Å². The number of rotatable bonds is 9. The molecule has 0 aliphatic heterocycles. The summed E-state index contributed by atoms with van der Waals surface area (Å²) in [4.78, 5) is 11.7. The molecule has 0 aromatic heterocycles.